The maximum absolute atomic E-state index is 11.2. The Balaban J connectivity index is 2.21. The molecule has 0 amide bonds. The van der Waals surface area contributed by atoms with Gasteiger partial charge in [-0.05, 0) is 13.0 Å². The molecular formula is C15H15NO3. The lowest BCUT2D eigenvalue weighted by Gasteiger charge is -2.01. The molecule has 1 aromatic heterocycles. The van der Waals surface area contributed by atoms with Crippen molar-refractivity contribution in [3.63, 3.8) is 0 Å². The van der Waals surface area contributed by atoms with Gasteiger partial charge < -0.3 is 14.8 Å². The number of carbonyl (C=O) groups is 1. The molecule has 0 aliphatic rings. The van der Waals surface area contributed by atoms with Crippen LogP contribution in [0.2, 0.25) is 0 Å². The topological polar surface area (TPSA) is 62.5 Å². The SMILES string of the molecule is CC#CCCNCc1c(C(=O)O)oc2ccccc12. The fourth-order valence-corrected chi connectivity index (χ4v) is 1.94. The fraction of sp³-hybridized carbons (Fsp3) is 0.267. The minimum Gasteiger partial charge on any atom is -0.475 e. The second-order valence-corrected chi connectivity index (χ2v) is 4.06. The molecule has 0 aliphatic heterocycles. The van der Waals surface area contributed by atoms with Crippen molar-refractivity contribution in [3.8, 4) is 11.8 Å². The van der Waals surface area contributed by atoms with Crippen molar-refractivity contribution in [1.29, 1.82) is 0 Å². The second kappa shape index (κ2) is 6.07. The molecule has 2 rings (SSSR count). The van der Waals surface area contributed by atoms with Crippen molar-refractivity contribution in [2.45, 2.75) is 19.9 Å². The highest BCUT2D eigenvalue weighted by molar-refractivity contribution is 5.95. The van der Waals surface area contributed by atoms with Crippen LogP contribution in [0.15, 0.2) is 28.7 Å². The van der Waals surface area contributed by atoms with E-state index in [9.17, 15) is 4.79 Å². The summed E-state index contributed by atoms with van der Waals surface area (Å²) in [6, 6.07) is 7.34. The van der Waals surface area contributed by atoms with Gasteiger partial charge in [0.25, 0.3) is 0 Å². The van der Waals surface area contributed by atoms with Gasteiger partial charge in [0, 0.05) is 30.5 Å². The summed E-state index contributed by atoms with van der Waals surface area (Å²) in [7, 11) is 0. The van der Waals surface area contributed by atoms with E-state index in [-0.39, 0.29) is 5.76 Å². The molecule has 0 saturated carbocycles. The summed E-state index contributed by atoms with van der Waals surface area (Å²) in [4.78, 5) is 11.2. The number of para-hydroxylation sites is 1. The Hall–Kier alpha value is -2.25. The van der Waals surface area contributed by atoms with Crippen molar-refractivity contribution in [1.82, 2.24) is 5.32 Å². The molecule has 0 radical (unpaired) electrons. The first-order chi connectivity index (χ1) is 9.24. The summed E-state index contributed by atoms with van der Waals surface area (Å²) in [5.41, 5.74) is 1.29. The molecule has 4 nitrogen and oxygen atoms in total. The predicted molar refractivity (Wildman–Crippen MR) is 72.9 cm³/mol. The molecule has 4 heteroatoms. The summed E-state index contributed by atoms with van der Waals surface area (Å²) < 4.78 is 5.37. The number of benzene rings is 1. The molecule has 2 N–H and O–H groups in total. The standard InChI is InChI=1S/C15H15NO3/c1-2-3-6-9-16-10-12-11-7-4-5-8-13(11)19-14(12)15(17)18/h4-5,7-8,16H,6,9-10H2,1H3,(H,17,18). The number of carboxylic acid groups (broad SMARTS) is 1. The molecule has 1 aromatic carbocycles. The van der Waals surface area contributed by atoms with E-state index in [1.165, 1.54) is 0 Å². The predicted octanol–water partition coefficient (Wildman–Crippen LogP) is 2.63. The molecule has 0 fully saturated rings. The first kappa shape index (κ1) is 13.2. The highest BCUT2D eigenvalue weighted by atomic mass is 16.4. The number of rotatable bonds is 5. The zero-order valence-electron chi connectivity index (χ0n) is 10.7. The van der Waals surface area contributed by atoms with E-state index in [4.69, 9.17) is 9.52 Å². The lowest BCUT2D eigenvalue weighted by atomic mass is 10.1. The maximum Gasteiger partial charge on any atom is 0.372 e. The van der Waals surface area contributed by atoms with Gasteiger partial charge in [0.1, 0.15) is 5.58 Å². The number of aromatic carboxylic acids is 1. The van der Waals surface area contributed by atoms with E-state index in [0.29, 0.717) is 17.7 Å². The molecule has 1 heterocycles. The van der Waals surface area contributed by atoms with Crippen molar-refractivity contribution < 1.29 is 14.3 Å². The van der Waals surface area contributed by atoms with Gasteiger partial charge in [-0.3, -0.25) is 0 Å². The van der Waals surface area contributed by atoms with Gasteiger partial charge in [-0.25, -0.2) is 4.79 Å². The molecule has 0 aliphatic carbocycles. The minimum absolute atomic E-state index is 0.00951. The zero-order chi connectivity index (χ0) is 13.7. The lowest BCUT2D eigenvalue weighted by Crippen LogP contribution is -2.15. The summed E-state index contributed by atoms with van der Waals surface area (Å²) >= 11 is 0. The summed E-state index contributed by atoms with van der Waals surface area (Å²) in [6.45, 7) is 2.98. The lowest BCUT2D eigenvalue weighted by molar-refractivity contribution is 0.0663. The Kier molecular flexibility index (Phi) is 4.22. The van der Waals surface area contributed by atoms with Crippen molar-refractivity contribution >= 4 is 16.9 Å². The number of hydrogen-bond acceptors (Lipinski definition) is 3. The van der Waals surface area contributed by atoms with E-state index < -0.39 is 5.97 Å². The number of nitrogens with one attached hydrogen (secondary N) is 1. The smallest absolute Gasteiger partial charge is 0.372 e. The Labute approximate surface area is 111 Å². The van der Waals surface area contributed by atoms with E-state index >= 15 is 0 Å². The molecule has 0 atom stereocenters. The molecule has 2 aromatic rings. The summed E-state index contributed by atoms with van der Waals surface area (Å²) in [5, 5.41) is 13.2. The Bertz CT molecular complexity index is 646. The summed E-state index contributed by atoms with van der Waals surface area (Å²) in [5.74, 6) is 4.74. The molecule has 0 bridgehead atoms. The van der Waals surface area contributed by atoms with E-state index in [1.54, 1.807) is 13.0 Å². The van der Waals surface area contributed by atoms with Crippen LogP contribution in [0.4, 0.5) is 0 Å². The number of fused-ring (bicyclic) bond motifs is 1. The minimum atomic E-state index is -1.04. The molecule has 19 heavy (non-hydrogen) atoms. The number of hydrogen-bond donors (Lipinski definition) is 2. The normalized spacial score (nSPS) is 10.2. The highest BCUT2D eigenvalue weighted by Gasteiger charge is 2.18. The third kappa shape index (κ3) is 2.95. The largest absolute Gasteiger partial charge is 0.475 e. The van der Waals surface area contributed by atoms with Gasteiger partial charge in [-0.1, -0.05) is 18.2 Å². The first-order valence-corrected chi connectivity index (χ1v) is 6.08. The van der Waals surface area contributed by atoms with Gasteiger partial charge >= 0.3 is 5.97 Å². The van der Waals surface area contributed by atoms with Gasteiger partial charge in [0.15, 0.2) is 0 Å². The van der Waals surface area contributed by atoms with Gasteiger partial charge in [0.05, 0.1) is 0 Å². The Morgan fingerprint density at radius 2 is 2.21 bits per heavy atom. The number of furan rings is 1. The average molecular weight is 257 g/mol. The third-order valence-electron chi connectivity index (χ3n) is 2.80. The van der Waals surface area contributed by atoms with Crippen molar-refractivity contribution in [2.24, 2.45) is 0 Å². The van der Waals surface area contributed by atoms with E-state index in [0.717, 1.165) is 18.4 Å². The van der Waals surface area contributed by atoms with E-state index in [2.05, 4.69) is 17.2 Å². The molecule has 0 unspecified atom stereocenters. The average Bonchev–Trinajstić information content (AvgIpc) is 2.78. The fourth-order valence-electron chi connectivity index (χ4n) is 1.94. The molecule has 98 valence electrons. The highest BCUT2D eigenvalue weighted by Crippen LogP contribution is 2.25. The Morgan fingerprint density at radius 1 is 1.42 bits per heavy atom. The van der Waals surface area contributed by atoms with Crippen LogP contribution in [0.5, 0.6) is 0 Å². The van der Waals surface area contributed by atoms with Crippen molar-refractivity contribution in [2.75, 3.05) is 6.54 Å². The van der Waals surface area contributed by atoms with Crippen LogP contribution in [-0.2, 0) is 6.54 Å². The first-order valence-electron chi connectivity index (χ1n) is 6.08. The van der Waals surface area contributed by atoms with Gasteiger partial charge in [0.2, 0.25) is 5.76 Å². The quantitative estimate of drug-likeness (QED) is 0.638. The molecule has 0 saturated heterocycles. The van der Waals surface area contributed by atoms with Gasteiger partial charge in [-0.2, -0.15) is 0 Å². The van der Waals surface area contributed by atoms with Crippen LogP contribution in [0, 0.1) is 11.8 Å². The zero-order valence-corrected chi connectivity index (χ0v) is 10.7. The molecular weight excluding hydrogens is 242 g/mol. The van der Waals surface area contributed by atoms with Crippen LogP contribution in [0.25, 0.3) is 11.0 Å². The van der Waals surface area contributed by atoms with Crippen LogP contribution >= 0.6 is 0 Å². The molecule has 0 spiro atoms. The van der Waals surface area contributed by atoms with Crippen LogP contribution in [-0.4, -0.2) is 17.6 Å². The van der Waals surface area contributed by atoms with Crippen LogP contribution < -0.4 is 5.32 Å². The Morgan fingerprint density at radius 3 is 2.95 bits per heavy atom. The van der Waals surface area contributed by atoms with Crippen LogP contribution in [0.1, 0.15) is 29.5 Å². The monoisotopic (exact) mass is 257 g/mol. The third-order valence-corrected chi connectivity index (χ3v) is 2.80. The van der Waals surface area contributed by atoms with Crippen LogP contribution in [0.3, 0.4) is 0 Å². The van der Waals surface area contributed by atoms with E-state index in [1.807, 2.05) is 18.2 Å². The number of carboxylic acids is 1. The maximum atomic E-state index is 11.2. The van der Waals surface area contributed by atoms with Crippen molar-refractivity contribution in [3.05, 3.63) is 35.6 Å². The second-order valence-electron chi connectivity index (χ2n) is 4.06. The summed E-state index contributed by atoms with van der Waals surface area (Å²) in [6.07, 6.45) is 0.745. The van der Waals surface area contributed by atoms with Gasteiger partial charge in [-0.15, -0.1) is 11.8 Å².